The lowest BCUT2D eigenvalue weighted by Crippen LogP contribution is -2.31. The molecule has 9 heteroatoms. The molecule has 0 spiro atoms. The van der Waals surface area contributed by atoms with Crippen LogP contribution in [0, 0.1) is 0 Å². The van der Waals surface area contributed by atoms with Crippen LogP contribution >= 0.6 is 0 Å². The van der Waals surface area contributed by atoms with Gasteiger partial charge in [0.25, 0.3) is 5.56 Å². The number of carboxylic acid groups (broad SMARTS) is 1. The third-order valence-corrected chi connectivity index (χ3v) is 3.95. The van der Waals surface area contributed by atoms with Gasteiger partial charge in [-0.05, 0) is 30.3 Å². The number of hydrogen-bond acceptors (Lipinski definition) is 6. The summed E-state index contributed by atoms with van der Waals surface area (Å²) in [4.78, 5) is 47.7. The zero-order valence-electron chi connectivity index (χ0n) is 14.7. The average Bonchev–Trinajstić information content (AvgIpc) is 2.70. The van der Waals surface area contributed by atoms with Crippen molar-refractivity contribution in [3.63, 3.8) is 0 Å². The molecule has 2 N–H and O–H groups in total. The molecule has 0 saturated carbocycles. The first-order chi connectivity index (χ1) is 13.4. The molecule has 1 aromatic heterocycles. The predicted molar refractivity (Wildman–Crippen MR) is 99.4 cm³/mol. The number of rotatable bonds is 5. The van der Waals surface area contributed by atoms with Crippen molar-refractivity contribution in [2.75, 3.05) is 12.4 Å². The highest BCUT2D eigenvalue weighted by molar-refractivity contribution is 6.01. The molecule has 1 amide bonds. The molecule has 0 radical (unpaired) electrons. The number of amides is 1. The largest absolute Gasteiger partial charge is 0.476 e. The number of carbonyl (C=O) groups excluding carboxylic acids is 2. The van der Waals surface area contributed by atoms with Gasteiger partial charge >= 0.3 is 11.9 Å². The van der Waals surface area contributed by atoms with Crippen LogP contribution in [0.5, 0.6) is 0 Å². The summed E-state index contributed by atoms with van der Waals surface area (Å²) in [5.74, 6) is -2.39. The second-order valence-corrected chi connectivity index (χ2v) is 5.78. The Morgan fingerprint density at radius 3 is 2.32 bits per heavy atom. The Kier molecular flexibility index (Phi) is 5.16. The lowest BCUT2D eigenvalue weighted by Gasteiger charge is -2.10. The smallest absolute Gasteiger partial charge is 0.357 e. The van der Waals surface area contributed by atoms with Crippen LogP contribution in [0.2, 0.25) is 0 Å². The molecule has 0 unspecified atom stereocenters. The van der Waals surface area contributed by atoms with Crippen LogP contribution in [-0.4, -0.2) is 39.8 Å². The number of benzene rings is 2. The predicted octanol–water partition coefficient (Wildman–Crippen LogP) is 1.52. The van der Waals surface area contributed by atoms with E-state index in [9.17, 15) is 24.3 Å². The Balaban J connectivity index is 1.85. The van der Waals surface area contributed by atoms with Crippen LogP contribution in [0.15, 0.2) is 53.3 Å². The topological polar surface area (TPSA) is 128 Å². The van der Waals surface area contributed by atoms with Crippen LogP contribution in [0.4, 0.5) is 5.69 Å². The Morgan fingerprint density at radius 2 is 1.71 bits per heavy atom. The van der Waals surface area contributed by atoms with Gasteiger partial charge in [0.05, 0.1) is 18.1 Å². The molecule has 3 aromatic rings. The molecule has 9 nitrogen and oxygen atoms in total. The van der Waals surface area contributed by atoms with Gasteiger partial charge < -0.3 is 15.2 Å². The van der Waals surface area contributed by atoms with Crippen molar-refractivity contribution in [2.45, 2.75) is 6.54 Å². The number of aromatic carboxylic acids is 1. The van der Waals surface area contributed by atoms with Gasteiger partial charge in [-0.2, -0.15) is 5.10 Å². The van der Waals surface area contributed by atoms with E-state index in [1.165, 1.54) is 43.5 Å². The first-order valence-electron chi connectivity index (χ1n) is 8.12. The summed E-state index contributed by atoms with van der Waals surface area (Å²) < 4.78 is 5.40. The van der Waals surface area contributed by atoms with E-state index in [0.29, 0.717) is 11.3 Å². The summed E-state index contributed by atoms with van der Waals surface area (Å²) >= 11 is 0. The number of aromatic nitrogens is 2. The molecule has 0 aliphatic heterocycles. The van der Waals surface area contributed by atoms with E-state index in [0.717, 1.165) is 4.68 Å². The van der Waals surface area contributed by atoms with Crippen molar-refractivity contribution in [2.24, 2.45) is 0 Å². The minimum atomic E-state index is -1.30. The monoisotopic (exact) mass is 381 g/mol. The zero-order valence-corrected chi connectivity index (χ0v) is 14.7. The Morgan fingerprint density at radius 1 is 1.07 bits per heavy atom. The molecule has 0 saturated heterocycles. The van der Waals surface area contributed by atoms with E-state index < -0.39 is 29.9 Å². The van der Waals surface area contributed by atoms with Gasteiger partial charge in [0.15, 0.2) is 5.69 Å². The third-order valence-electron chi connectivity index (χ3n) is 3.95. The van der Waals surface area contributed by atoms with Gasteiger partial charge in [-0.1, -0.05) is 18.2 Å². The quantitative estimate of drug-likeness (QED) is 0.641. The highest BCUT2D eigenvalue weighted by Crippen LogP contribution is 2.14. The fraction of sp³-hybridized carbons (Fsp3) is 0.105. The van der Waals surface area contributed by atoms with Crippen LogP contribution in [-0.2, 0) is 16.1 Å². The molecule has 3 rings (SSSR count). The average molecular weight is 381 g/mol. The van der Waals surface area contributed by atoms with Crippen molar-refractivity contribution in [1.82, 2.24) is 9.78 Å². The summed E-state index contributed by atoms with van der Waals surface area (Å²) in [5, 5.41) is 16.1. The lowest BCUT2D eigenvalue weighted by atomic mass is 10.1. The minimum Gasteiger partial charge on any atom is -0.476 e. The number of hydrogen-bond donors (Lipinski definition) is 2. The van der Waals surface area contributed by atoms with Crippen LogP contribution in [0.25, 0.3) is 10.8 Å². The standard InChI is InChI=1S/C19H15N3O6/c1-28-19(27)11-6-8-12(9-7-11)20-15(23)10-22-17(24)14-5-3-2-4-13(14)16(21-22)18(25)26/h2-9H,10H2,1H3,(H,20,23)(H,25,26). The maximum Gasteiger partial charge on any atom is 0.357 e. The highest BCUT2D eigenvalue weighted by atomic mass is 16.5. The van der Waals surface area contributed by atoms with Crippen LogP contribution in [0.3, 0.4) is 0 Å². The normalized spacial score (nSPS) is 10.5. The number of ether oxygens (including phenoxy) is 1. The Labute approximate surface area is 158 Å². The molecular formula is C19H15N3O6. The molecule has 142 valence electrons. The molecule has 0 aliphatic rings. The summed E-state index contributed by atoms with van der Waals surface area (Å²) in [6, 6.07) is 12.1. The maximum atomic E-state index is 12.5. The van der Waals surface area contributed by atoms with Crippen LogP contribution < -0.4 is 10.9 Å². The third kappa shape index (κ3) is 3.73. The number of nitrogens with zero attached hydrogens (tertiary/aromatic N) is 2. The number of anilines is 1. The van der Waals surface area contributed by atoms with Crippen molar-refractivity contribution in [1.29, 1.82) is 0 Å². The molecule has 28 heavy (non-hydrogen) atoms. The number of methoxy groups -OCH3 is 1. The fourth-order valence-electron chi connectivity index (χ4n) is 2.64. The summed E-state index contributed by atoms with van der Waals surface area (Å²) in [6.07, 6.45) is 0. The number of fused-ring (bicyclic) bond motifs is 1. The van der Waals surface area contributed by atoms with E-state index in [1.54, 1.807) is 12.1 Å². The first-order valence-corrected chi connectivity index (χ1v) is 8.12. The van der Waals surface area contributed by atoms with E-state index in [4.69, 9.17) is 0 Å². The summed E-state index contributed by atoms with van der Waals surface area (Å²) in [5.41, 5.74) is -0.175. The number of carboxylic acids is 1. The van der Waals surface area contributed by atoms with E-state index in [-0.39, 0.29) is 16.5 Å². The number of carbonyl (C=O) groups is 3. The van der Waals surface area contributed by atoms with Gasteiger partial charge in [0, 0.05) is 11.1 Å². The van der Waals surface area contributed by atoms with Crippen molar-refractivity contribution < 1.29 is 24.2 Å². The van der Waals surface area contributed by atoms with Crippen molar-refractivity contribution in [3.05, 3.63) is 70.1 Å². The Hall–Kier alpha value is -4.01. The van der Waals surface area contributed by atoms with E-state index in [2.05, 4.69) is 15.2 Å². The van der Waals surface area contributed by atoms with Gasteiger partial charge in [-0.25, -0.2) is 14.3 Å². The molecule has 1 heterocycles. The molecule has 0 fully saturated rings. The molecule has 0 bridgehead atoms. The van der Waals surface area contributed by atoms with Crippen LogP contribution in [0.1, 0.15) is 20.8 Å². The van der Waals surface area contributed by atoms with Gasteiger partial charge in [0.1, 0.15) is 6.54 Å². The molecule has 0 atom stereocenters. The lowest BCUT2D eigenvalue weighted by molar-refractivity contribution is -0.117. The van der Waals surface area contributed by atoms with Crippen molar-refractivity contribution >= 4 is 34.3 Å². The van der Waals surface area contributed by atoms with E-state index >= 15 is 0 Å². The fourth-order valence-corrected chi connectivity index (χ4v) is 2.64. The zero-order chi connectivity index (χ0) is 20.3. The number of esters is 1. The van der Waals surface area contributed by atoms with E-state index in [1.807, 2.05) is 0 Å². The summed E-state index contributed by atoms with van der Waals surface area (Å²) in [6.45, 7) is -0.470. The number of nitrogens with one attached hydrogen (secondary N) is 1. The Bertz CT molecular complexity index is 1130. The highest BCUT2D eigenvalue weighted by Gasteiger charge is 2.17. The molecule has 2 aromatic carbocycles. The second-order valence-electron chi connectivity index (χ2n) is 5.78. The van der Waals surface area contributed by atoms with Gasteiger partial charge in [-0.15, -0.1) is 0 Å². The van der Waals surface area contributed by atoms with Crippen molar-refractivity contribution in [3.8, 4) is 0 Å². The minimum absolute atomic E-state index is 0.158. The molecule has 0 aliphatic carbocycles. The maximum absolute atomic E-state index is 12.5. The first kappa shape index (κ1) is 18.8. The van der Waals surface area contributed by atoms with Gasteiger partial charge in [0.2, 0.25) is 5.91 Å². The van der Waals surface area contributed by atoms with Gasteiger partial charge in [-0.3, -0.25) is 9.59 Å². The SMILES string of the molecule is COC(=O)c1ccc(NC(=O)Cn2nc(C(=O)O)c3ccccc3c2=O)cc1. The second kappa shape index (κ2) is 7.70. The summed E-state index contributed by atoms with van der Waals surface area (Å²) in [7, 11) is 1.26. The molecular weight excluding hydrogens is 366 g/mol.